The van der Waals surface area contributed by atoms with Gasteiger partial charge in [0.25, 0.3) is 0 Å². The number of likely N-dealkylation sites (tertiary alicyclic amines) is 1. The molecule has 3 heteroatoms. The van der Waals surface area contributed by atoms with Gasteiger partial charge >= 0.3 is 0 Å². The van der Waals surface area contributed by atoms with E-state index in [4.69, 9.17) is 0 Å². The number of piperidine rings is 1. The maximum Gasteiger partial charge on any atom is 0.128 e. The predicted octanol–water partition coefficient (Wildman–Crippen LogP) is 6.41. The summed E-state index contributed by atoms with van der Waals surface area (Å²) in [7, 11) is 0. The van der Waals surface area contributed by atoms with Gasteiger partial charge in [-0.15, -0.1) is 11.3 Å². The maximum absolute atomic E-state index is 10.5. The van der Waals surface area contributed by atoms with E-state index in [1.54, 1.807) is 11.3 Å². The molecule has 0 spiro atoms. The van der Waals surface area contributed by atoms with Crippen LogP contribution in [-0.2, 0) is 6.54 Å². The number of rotatable bonds is 5. The van der Waals surface area contributed by atoms with Crippen molar-refractivity contribution in [3.05, 3.63) is 76.7 Å². The molecule has 2 aromatic carbocycles. The first-order valence-electron chi connectivity index (χ1n) is 9.83. The number of allylic oxidation sites excluding steroid dienone is 1. The molecule has 2 heterocycles. The second kappa shape index (κ2) is 8.28. The van der Waals surface area contributed by atoms with Crippen LogP contribution in [0.15, 0.2) is 60.7 Å². The average Bonchev–Trinajstić information content (AvgIpc) is 3.11. The Morgan fingerprint density at radius 2 is 1.89 bits per heavy atom. The van der Waals surface area contributed by atoms with E-state index in [1.807, 2.05) is 6.08 Å². The minimum Gasteiger partial charge on any atom is -0.507 e. The zero-order valence-corrected chi connectivity index (χ0v) is 16.7. The number of aliphatic hydroxyl groups excluding tert-OH is 1. The number of hydrogen-bond donors (Lipinski definition) is 1. The molecule has 1 aliphatic rings. The van der Waals surface area contributed by atoms with Gasteiger partial charge in [-0.05, 0) is 74.4 Å². The number of benzene rings is 2. The van der Waals surface area contributed by atoms with Crippen molar-refractivity contribution in [3.8, 4) is 0 Å². The lowest BCUT2D eigenvalue weighted by atomic mass is 9.93. The lowest BCUT2D eigenvalue weighted by molar-refractivity contribution is 0.178. The number of nitrogens with zero attached hydrogens (tertiary/aromatic N) is 1. The van der Waals surface area contributed by atoms with Crippen LogP contribution >= 0.6 is 11.3 Å². The van der Waals surface area contributed by atoms with Crippen molar-refractivity contribution in [1.82, 2.24) is 4.90 Å². The van der Waals surface area contributed by atoms with Crippen molar-refractivity contribution in [1.29, 1.82) is 0 Å². The van der Waals surface area contributed by atoms with Gasteiger partial charge in [0, 0.05) is 11.2 Å². The SMILES string of the molecule is Cc1ccc2sc(C(O)=CCC3CCN(Cc4ccccc4)CC3)cc2c1. The third-order valence-electron chi connectivity index (χ3n) is 5.52. The smallest absolute Gasteiger partial charge is 0.128 e. The summed E-state index contributed by atoms with van der Waals surface area (Å²) in [6.45, 7) is 5.46. The van der Waals surface area contributed by atoms with Gasteiger partial charge in [-0.2, -0.15) is 0 Å². The molecule has 3 aromatic rings. The highest BCUT2D eigenvalue weighted by atomic mass is 32.1. The summed E-state index contributed by atoms with van der Waals surface area (Å²) in [5, 5.41) is 11.8. The second-order valence-electron chi connectivity index (χ2n) is 7.68. The summed E-state index contributed by atoms with van der Waals surface area (Å²) >= 11 is 1.68. The molecular weight excluding hydrogens is 350 g/mol. The van der Waals surface area contributed by atoms with Crippen LogP contribution in [0.5, 0.6) is 0 Å². The fraction of sp³-hybridized carbons (Fsp3) is 0.333. The van der Waals surface area contributed by atoms with Gasteiger partial charge in [0.2, 0.25) is 0 Å². The Kier molecular flexibility index (Phi) is 5.61. The highest BCUT2D eigenvalue weighted by Gasteiger charge is 2.19. The molecule has 2 nitrogen and oxygen atoms in total. The van der Waals surface area contributed by atoms with Crippen LogP contribution in [0.25, 0.3) is 15.8 Å². The van der Waals surface area contributed by atoms with Gasteiger partial charge in [-0.1, -0.05) is 48.0 Å². The Morgan fingerprint density at radius 1 is 1.11 bits per heavy atom. The summed E-state index contributed by atoms with van der Waals surface area (Å²) in [5.74, 6) is 1.12. The molecule has 0 saturated carbocycles. The normalized spacial score (nSPS) is 16.9. The van der Waals surface area contributed by atoms with Crippen LogP contribution in [0, 0.1) is 12.8 Å². The molecule has 0 unspecified atom stereocenters. The molecule has 0 bridgehead atoms. The van der Waals surface area contributed by atoms with E-state index in [1.165, 1.54) is 34.1 Å². The van der Waals surface area contributed by atoms with Gasteiger partial charge in [0.1, 0.15) is 5.76 Å². The zero-order chi connectivity index (χ0) is 18.6. The highest BCUT2D eigenvalue weighted by Crippen LogP contribution is 2.31. The van der Waals surface area contributed by atoms with Gasteiger partial charge in [0.05, 0.1) is 4.88 Å². The van der Waals surface area contributed by atoms with Crippen molar-refractivity contribution in [2.45, 2.75) is 32.7 Å². The number of hydrogen-bond acceptors (Lipinski definition) is 3. The molecule has 1 aromatic heterocycles. The van der Waals surface area contributed by atoms with Crippen LogP contribution in [0.2, 0.25) is 0 Å². The first-order chi connectivity index (χ1) is 13.2. The fourth-order valence-corrected chi connectivity index (χ4v) is 4.87. The monoisotopic (exact) mass is 377 g/mol. The standard InChI is InChI=1S/C24H27NOS/c1-18-7-10-23-21(15-18)16-24(27-23)22(26)9-8-19-11-13-25(14-12-19)17-20-5-3-2-4-6-20/h2-7,9-10,15-16,19,26H,8,11-14,17H2,1H3. The van der Waals surface area contributed by atoms with Crippen molar-refractivity contribution >= 4 is 27.2 Å². The molecule has 1 N–H and O–H groups in total. The summed E-state index contributed by atoms with van der Waals surface area (Å²) < 4.78 is 1.24. The van der Waals surface area contributed by atoms with Crippen molar-refractivity contribution in [3.63, 3.8) is 0 Å². The van der Waals surface area contributed by atoms with E-state index < -0.39 is 0 Å². The zero-order valence-electron chi connectivity index (χ0n) is 15.9. The second-order valence-corrected chi connectivity index (χ2v) is 8.77. The molecule has 27 heavy (non-hydrogen) atoms. The van der Waals surface area contributed by atoms with E-state index in [0.29, 0.717) is 11.7 Å². The van der Waals surface area contributed by atoms with E-state index in [2.05, 4.69) is 66.4 Å². The van der Waals surface area contributed by atoms with E-state index in [0.717, 1.165) is 30.9 Å². The molecule has 0 radical (unpaired) electrons. The summed E-state index contributed by atoms with van der Waals surface area (Å²) in [4.78, 5) is 3.53. The molecule has 140 valence electrons. The number of thiophene rings is 1. The molecule has 1 fully saturated rings. The van der Waals surface area contributed by atoms with Crippen LogP contribution in [0.3, 0.4) is 0 Å². The first kappa shape index (κ1) is 18.3. The van der Waals surface area contributed by atoms with Gasteiger partial charge in [-0.25, -0.2) is 0 Å². The minimum absolute atomic E-state index is 0.445. The summed E-state index contributed by atoms with van der Waals surface area (Å²) in [6, 6.07) is 19.3. The van der Waals surface area contributed by atoms with Crippen LogP contribution in [0.4, 0.5) is 0 Å². The molecular formula is C24H27NOS. The maximum atomic E-state index is 10.5. The lowest BCUT2D eigenvalue weighted by Gasteiger charge is -2.31. The number of fused-ring (bicyclic) bond motifs is 1. The van der Waals surface area contributed by atoms with Crippen LogP contribution in [-0.4, -0.2) is 23.1 Å². The Bertz CT molecular complexity index is 920. The first-order valence-corrected chi connectivity index (χ1v) is 10.6. The number of aliphatic hydroxyl groups is 1. The van der Waals surface area contributed by atoms with Crippen LogP contribution in [0.1, 0.15) is 35.3 Å². The minimum atomic E-state index is 0.445. The molecule has 0 amide bonds. The highest BCUT2D eigenvalue weighted by molar-refractivity contribution is 7.20. The third kappa shape index (κ3) is 4.60. The summed E-state index contributed by atoms with van der Waals surface area (Å²) in [5.41, 5.74) is 2.66. The lowest BCUT2D eigenvalue weighted by Crippen LogP contribution is -2.33. The number of aryl methyl sites for hydroxylation is 1. The molecule has 0 atom stereocenters. The van der Waals surface area contributed by atoms with Gasteiger partial charge in [0.15, 0.2) is 0 Å². The fourth-order valence-electron chi connectivity index (χ4n) is 3.89. The van der Waals surface area contributed by atoms with E-state index in [9.17, 15) is 5.11 Å². The van der Waals surface area contributed by atoms with Gasteiger partial charge in [-0.3, -0.25) is 4.90 Å². The Labute approximate surface area is 165 Å². The van der Waals surface area contributed by atoms with Crippen LogP contribution < -0.4 is 0 Å². The molecule has 1 aliphatic heterocycles. The van der Waals surface area contributed by atoms with E-state index >= 15 is 0 Å². The quantitative estimate of drug-likeness (QED) is 0.519. The van der Waals surface area contributed by atoms with E-state index in [-0.39, 0.29) is 0 Å². The average molecular weight is 378 g/mol. The molecule has 1 saturated heterocycles. The topological polar surface area (TPSA) is 23.5 Å². The van der Waals surface area contributed by atoms with Crippen molar-refractivity contribution in [2.24, 2.45) is 5.92 Å². The predicted molar refractivity (Wildman–Crippen MR) is 116 cm³/mol. The van der Waals surface area contributed by atoms with Crippen molar-refractivity contribution < 1.29 is 5.11 Å². The summed E-state index contributed by atoms with van der Waals surface area (Å²) in [6.07, 6.45) is 5.43. The Hall–Kier alpha value is -2.10. The largest absolute Gasteiger partial charge is 0.507 e. The molecule has 4 rings (SSSR count). The third-order valence-corrected chi connectivity index (χ3v) is 6.66. The molecule has 0 aliphatic carbocycles. The van der Waals surface area contributed by atoms with Crippen molar-refractivity contribution in [2.75, 3.05) is 13.1 Å². The Balaban J connectivity index is 1.31. The Morgan fingerprint density at radius 3 is 2.67 bits per heavy atom. The van der Waals surface area contributed by atoms with Gasteiger partial charge < -0.3 is 5.11 Å².